The third kappa shape index (κ3) is 3.28. The van der Waals surface area contributed by atoms with Crippen molar-refractivity contribution in [2.75, 3.05) is 11.9 Å². The van der Waals surface area contributed by atoms with Crippen molar-refractivity contribution in [2.24, 2.45) is 0 Å². The Hall–Kier alpha value is -2.62. The van der Waals surface area contributed by atoms with Crippen LogP contribution in [0.2, 0.25) is 5.28 Å². The van der Waals surface area contributed by atoms with Crippen LogP contribution in [-0.2, 0) is 6.42 Å². The second kappa shape index (κ2) is 5.79. The minimum Gasteiger partial charge on any atom is -0.354 e. The molecule has 108 valence electrons. The summed E-state index contributed by atoms with van der Waals surface area (Å²) in [6.07, 6.45) is 3.42. The molecule has 0 saturated heterocycles. The van der Waals surface area contributed by atoms with Gasteiger partial charge in [-0.3, -0.25) is 0 Å². The lowest BCUT2D eigenvalue weighted by Crippen LogP contribution is -2.12. The first kappa shape index (κ1) is 13.4. The van der Waals surface area contributed by atoms with E-state index in [1.807, 2.05) is 0 Å². The van der Waals surface area contributed by atoms with Crippen LogP contribution < -0.4 is 5.32 Å². The van der Waals surface area contributed by atoms with Crippen LogP contribution in [0.25, 0.3) is 5.95 Å². The molecule has 11 heteroatoms. The minimum absolute atomic E-state index is 0.0633. The maximum Gasteiger partial charge on any atom is 0.258 e. The van der Waals surface area contributed by atoms with Crippen LogP contribution in [0.1, 0.15) is 11.7 Å². The molecule has 0 aliphatic carbocycles. The quantitative estimate of drug-likeness (QED) is 0.716. The van der Waals surface area contributed by atoms with Gasteiger partial charge in [-0.15, -0.1) is 0 Å². The smallest absolute Gasteiger partial charge is 0.258 e. The highest BCUT2D eigenvalue weighted by Gasteiger charge is 2.08. The molecule has 0 aliphatic heterocycles. The molecule has 0 aromatic carbocycles. The van der Waals surface area contributed by atoms with E-state index in [0.29, 0.717) is 30.6 Å². The Balaban J connectivity index is 1.68. The van der Waals surface area contributed by atoms with E-state index in [1.165, 1.54) is 17.3 Å². The lowest BCUT2D eigenvalue weighted by Gasteiger charge is -2.05. The molecule has 0 fully saturated rings. The molecule has 3 aromatic rings. The number of rotatable bonds is 5. The van der Waals surface area contributed by atoms with Crippen molar-refractivity contribution < 1.29 is 4.52 Å². The average molecular weight is 308 g/mol. The van der Waals surface area contributed by atoms with Crippen LogP contribution in [0, 0.1) is 6.92 Å². The highest BCUT2D eigenvalue weighted by Crippen LogP contribution is 2.08. The molecule has 0 aliphatic rings. The first-order valence-corrected chi connectivity index (χ1v) is 6.38. The maximum absolute atomic E-state index is 5.86. The van der Waals surface area contributed by atoms with E-state index in [9.17, 15) is 0 Å². The predicted molar refractivity (Wildman–Crippen MR) is 71.0 cm³/mol. The molecule has 3 aromatic heterocycles. The SMILES string of the molecule is Cc1nc(CCNc2nc(Cl)nc(-n3cncn3)n2)no1. The van der Waals surface area contributed by atoms with Crippen molar-refractivity contribution >= 4 is 17.5 Å². The molecule has 0 spiro atoms. The molecular weight excluding hydrogens is 298 g/mol. The standard InChI is InChI=1S/C10H10ClN9O/c1-6-15-7(19-21-6)2-3-13-9-16-8(11)17-10(18-9)20-5-12-4-14-20/h4-5H,2-3H2,1H3,(H,13,16,17,18). The van der Waals surface area contributed by atoms with Gasteiger partial charge in [0.05, 0.1) is 0 Å². The summed E-state index contributed by atoms with van der Waals surface area (Å²) in [6, 6.07) is 0. The van der Waals surface area contributed by atoms with Crippen LogP contribution in [0.5, 0.6) is 0 Å². The van der Waals surface area contributed by atoms with Gasteiger partial charge in [0.15, 0.2) is 5.82 Å². The Morgan fingerprint density at radius 1 is 1.29 bits per heavy atom. The largest absolute Gasteiger partial charge is 0.354 e. The summed E-state index contributed by atoms with van der Waals surface area (Å²) in [6.45, 7) is 2.26. The highest BCUT2D eigenvalue weighted by molar-refractivity contribution is 6.28. The lowest BCUT2D eigenvalue weighted by molar-refractivity contribution is 0.387. The van der Waals surface area contributed by atoms with Crippen LogP contribution in [-0.4, -0.2) is 46.4 Å². The molecule has 0 bridgehead atoms. The molecule has 0 radical (unpaired) electrons. The number of halogens is 1. The van der Waals surface area contributed by atoms with Crippen molar-refractivity contribution in [1.29, 1.82) is 0 Å². The van der Waals surface area contributed by atoms with Crippen LogP contribution >= 0.6 is 11.6 Å². The molecule has 21 heavy (non-hydrogen) atoms. The molecule has 0 saturated carbocycles. The summed E-state index contributed by atoms with van der Waals surface area (Å²) < 4.78 is 6.27. The van der Waals surface area contributed by atoms with Crippen molar-refractivity contribution in [2.45, 2.75) is 13.3 Å². The fourth-order valence-corrected chi connectivity index (χ4v) is 1.72. The summed E-state index contributed by atoms with van der Waals surface area (Å²) in [5.74, 6) is 1.75. The predicted octanol–water partition coefficient (Wildman–Crippen LogP) is 0.452. The molecular formula is C10H10ClN9O. The van der Waals surface area contributed by atoms with Crippen molar-refractivity contribution in [3.05, 3.63) is 29.7 Å². The minimum atomic E-state index is 0.0633. The summed E-state index contributed by atoms with van der Waals surface area (Å²) in [5.41, 5.74) is 0. The van der Waals surface area contributed by atoms with Crippen LogP contribution in [0.3, 0.4) is 0 Å². The Morgan fingerprint density at radius 2 is 2.19 bits per heavy atom. The lowest BCUT2D eigenvalue weighted by atomic mass is 10.4. The third-order valence-electron chi connectivity index (χ3n) is 2.42. The highest BCUT2D eigenvalue weighted by atomic mass is 35.5. The fraction of sp³-hybridized carbons (Fsp3) is 0.300. The summed E-state index contributed by atoms with van der Waals surface area (Å²) in [7, 11) is 0. The van der Waals surface area contributed by atoms with Crippen LogP contribution in [0.15, 0.2) is 17.2 Å². The zero-order valence-corrected chi connectivity index (χ0v) is 11.7. The van der Waals surface area contributed by atoms with Gasteiger partial charge in [0.25, 0.3) is 5.95 Å². The molecule has 1 N–H and O–H groups in total. The van der Waals surface area contributed by atoms with Crippen molar-refractivity contribution in [1.82, 2.24) is 39.9 Å². The Kier molecular flexibility index (Phi) is 3.69. The van der Waals surface area contributed by atoms with E-state index in [1.54, 1.807) is 6.92 Å². The van der Waals surface area contributed by atoms with Gasteiger partial charge < -0.3 is 9.84 Å². The Morgan fingerprint density at radius 3 is 2.90 bits per heavy atom. The molecule has 0 atom stereocenters. The number of hydrogen-bond acceptors (Lipinski definition) is 9. The van der Waals surface area contributed by atoms with E-state index < -0.39 is 0 Å². The Bertz CT molecular complexity index is 726. The summed E-state index contributed by atoms with van der Waals surface area (Å²) in [5, 5.41) is 10.8. The molecule has 3 heterocycles. The van der Waals surface area contributed by atoms with E-state index in [0.717, 1.165) is 0 Å². The van der Waals surface area contributed by atoms with E-state index in [4.69, 9.17) is 16.1 Å². The van der Waals surface area contributed by atoms with Gasteiger partial charge in [-0.2, -0.15) is 29.7 Å². The number of hydrogen-bond donors (Lipinski definition) is 1. The first-order chi connectivity index (χ1) is 10.2. The van der Waals surface area contributed by atoms with E-state index in [-0.39, 0.29) is 11.2 Å². The van der Waals surface area contributed by atoms with Crippen molar-refractivity contribution in [3.63, 3.8) is 0 Å². The van der Waals surface area contributed by atoms with E-state index >= 15 is 0 Å². The Labute approximate surface area is 123 Å². The second-order valence-corrected chi connectivity index (χ2v) is 4.31. The molecule has 3 rings (SSSR count). The van der Waals surface area contributed by atoms with Gasteiger partial charge in [-0.25, -0.2) is 4.98 Å². The fourth-order valence-electron chi connectivity index (χ4n) is 1.56. The maximum atomic E-state index is 5.86. The van der Waals surface area contributed by atoms with Gasteiger partial charge in [0, 0.05) is 19.9 Å². The zero-order chi connectivity index (χ0) is 14.7. The van der Waals surface area contributed by atoms with Gasteiger partial charge in [0.2, 0.25) is 17.1 Å². The number of aryl methyl sites for hydroxylation is 1. The number of nitrogens with one attached hydrogen (secondary N) is 1. The zero-order valence-electron chi connectivity index (χ0n) is 10.9. The van der Waals surface area contributed by atoms with Crippen molar-refractivity contribution in [3.8, 4) is 5.95 Å². The van der Waals surface area contributed by atoms with Gasteiger partial charge in [-0.1, -0.05) is 5.16 Å². The topological polar surface area (TPSA) is 120 Å². The molecule has 0 unspecified atom stereocenters. The van der Waals surface area contributed by atoms with Gasteiger partial charge >= 0.3 is 0 Å². The van der Waals surface area contributed by atoms with E-state index in [2.05, 4.69) is 40.5 Å². The number of aromatic nitrogens is 8. The molecule has 0 amide bonds. The summed E-state index contributed by atoms with van der Waals surface area (Å²) in [4.78, 5) is 20.1. The van der Waals surface area contributed by atoms with Gasteiger partial charge in [0.1, 0.15) is 12.7 Å². The monoisotopic (exact) mass is 307 g/mol. The number of nitrogens with zero attached hydrogens (tertiary/aromatic N) is 8. The van der Waals surface area contributed by atoms with Crippen LogP contribution in [0.4, 0.5) is 5.95 Å². The average Bonchev–Trinajstić information content (AvgIpc) is 3.10. The first-order valence-electron chi connectivity index (χ1n) is 6.00. The van der Waals surface area contributed by atoms with Gasteiger partial charge in [-0.05, 0) is 11.6 Å². The summed E-state index contributed by atoms with van der Waals surface area (Å²) >= 11 is 5.86. The number of anilines is 1. The normalized spacial score (nSPS) is 10.8. The second-order valence-electron chi connectivity index (χ2n) is 3.97. The third-order valence-corrected chi connectivity index (χ3v) is 2.59. The molecule has 10 nitrogen and oxygen atoms in total.